The Hall–Kier alpha value is -3.15. The molecule has 1 saturated carbocycles. The van der Waals surface area contributed by atoms with E-state index in [-0.39, 0.29) is 17.6 Å². The number of halogens is 1. The molecule has 25 heavy (non-hydrogen) atoms. The third-order valence-electron chi connectivity index (χ3n) is 4.49. The van der Waals surface area contributed by atoms with Crippen LogP contribution in [0.15, 0.2) is 46.9 Å². The topological polar surface area (TPSA) is 70.9 Å². The minimum absolute atomic E-state index is 0.0589. The number of anilines is 1. The molecule has 0 atom stereocenters. The maximum absolute atomic E-state index is 13.4. The minimum atomic E-state index is -0.309. The molecular weight excluding hydrogens is 321 g/mol. The van der Waals surface area contributed by atoms with E-state index in [1.54, 1.807) is 12.1 Å². The molecular formula is C19H14FN3O2. The normalized spacial score (nSPS) is 14.3. The lowest BCUT2D eigenvalue weighted by atomic mass is 10.1. The Morgan fingerprint density at radius 3 is 2.92 bits per heavy atom. The van der Waals surface area contributed by atoms with Gasteiger partial charge < -0.3 is 9.73 Å². The van der Waals surface area contributed by atoms with Crippen molar-refractivity contribution in [2.75, 3.05) is 5.32 Å². The summed E-state index contributed by atoms with van der Waals surface area (Å²) in [6.45, 7) is 0. The first-order valence-electron chi connectivity index (χ1n) is 8.16. The second-order valence-electron chi connectivity index (χ2n) is 6.39. The van der Waals surface area contributed by atoms with Crippen molar-refractivity contribution in [2.45, 2.75) is 12.8 Å². The highest BCUT2D eigenvalue weighted by atomic mass is 19.1. The number of aromatic nitrogens is 2. The van der Waals surface area contributed by atoms with Gasteiger partial charge in [0.15, 0.2) is 5.76 Å². The molecule has 2 N–H and O–H groups in total. The fourth-order valence-corrected chi connectivity index (χ4v) is 3.00. The average Bonchev–Trinajstić information content (AvgIpc) is 3.25. The van der Waals surface area contributed by atoms with Crippen molar-refractivity contribution in [3.63, 3.8) is 0 Å². The molecule has 5 nitrogen and oxygen atoms in total. The van der Waals surface area contributed by atoms with Gasteiger partial charge in [-0.2, -0.15) is 5.10 Å². The van der Waals surface area contributed by atoms with Crippen LogP contribution in [0, 0.1) is 11.7 Å². The third-order valence-corrected chi connectivity index (χ3v) is 4.49. The molecule has 2 aromatic carbocycles. The van der Waals surface area contributed by atoms with Crippen LogP contribution in [0.25, 0.3) is 33.3 Å². The van der Waals surface area contributed by atoms with E-state index in [9.17, 15) is 9.18 Å². The number of furan rings is 1. The van der Waals surface area contributed by atoms with Gasteiger partial charge in [-0.3, -0.25) is 9.89 Å². The Morgan fingerprint density at radius 1 is 1.20 bits per heavy atom. The Bertz CT molecular complexity index is 1120. The van der Waals surface area contributed by atoms with E-state index in [4.69, 9.17) is 4.42 Å². The summed E-state index contributed by atoms with van der Waals surface area (Å²) in [5.74, 6) is 0.447. The van der Waals surface area contributed by atoms with Crippen molar-refractivity contribution in [3.05, 3.63) is 48.3 Å². The van der Waals surface area contributed by atoms with Gasteiger partial charge in [0.05, 0.1) is 5.52 Å². The average molecular weight is 335 g/mol. The van der Waals surface area contributed by atoms with Gasteiger partial charge in [-0.05, 0) is 55.3 Å². The first-order valence-corrected chi connectivity index (χ1v) is 8.16. The lowest BCUT2D eigenvalue weighted by Gasteiger charge is -2.04. The zero-order valence-electron chi connectivity index (χ0n) is 13.2. The predicted molar refractivity (Wildman–Crippen MR) is 92.6 cm³/mol. The van der Waals surface area contributed by atoms with Gasteiger partial charge in [-0.25, -0.2) is 4.39 Å². The zero-order chi connectivity index (χ0) is 17.0. The van der Waals surface area contributed by atoms with Crippen molar-refractivity contribution in [1.29, 1.82) is 0 Å². The summed E-state index contributed by atoms with van der Waals surface area (Å²) in [7, 11) is 0. The molecule has 0 bridgehead atoms. The number of hydrogen-bond donors (Lipinski definition) is 2. The monoisotopic (exact) mass is 335 g/mol. The van der Waals surface area contributed by atoms with Gasteiger partial charge in [0.25, 0.3) is 0 Å². The highest BCUT2D eigenvalue weighted by Crippen LogP contribution is 2.34. The highest BCUT2D eigenvalue weighted by molar-refractivity contribution is 5.99. The van der Waals surface area contributed by atoms with Crippen molar-refractivity contribution in [2.24, 2.45) is 5.92 Å². The molecule has 2 heterocycles. The Kier molecular flexibility index (Phi) is 2.94. The van der Waals surface area contributed by atoms with Crippen molar-refractivity contribution in [1.82, 2.24) is 10.2 Å². The SMILES string of the molecule is O=C(Nc1ccc2[nH]nc(-c3cc4cc(F)ccc4o3)c2c1)C1CC1. The highest BCUT2D eigenvalue weighted by Gasteiger charge is 2.29. The van der Waals surface area contributed by atoms with Crippen LogP contribution in [-0.2, 0) is 4.79 Å². The van der Waals surface area contributed by atoms with Crippen LogP contribution < -0.4 is 5.32 Å². The van der Waals surface area contributed by atoms with Gasteiger partial charge in [0, 0.05) is 22.4 Å². The van der Waals surface area contributed by atoms with Crippen LogP contribution in [0.4, 0.5) is 10.1 Å². The molecule has 124 valence electrons. The summed E-state index contributed by atoms with van der Waals surface area (Å²) < 4.78 is 19.2. The van der Waals surface area contributed by atoms with Gasteiger partial charge in [-0.1, -0.05) is 0 Å². The smallest absolute Gasteiger partial charge is 0.227 e. The first-order chi connectivity index (χ1) is 12.2. The lowest BCUT2D eigenvalue weighted by molar-refractivity contribution is -0.117. The van der Waals surface area contributed by atoms with Crippen LogP contribution in [0.1, 0.15) is 12.8 Å². The molecule has 1 aliphatic carbocycles. The largest absolute Gasteiger partial charge is 0.454 e. The van der Waals surface area contributed by atoms with E-state index in [0.29, 0.717) is 22.4 Å². The molecule has 5 rings (SSSR count). The number of nitrogens with zero attached hydrogens (tertiary/aromatic N) is 1. The van der Waals surface area contributed by atoms with E-state index in [0.717, 1.165) is 29.4 Å². The van der Waals surface area contributed by atoms with Crippen LogP contribution in [-0.4, -0.2) is 16.1 Å². The molecule has 6 heteroatoms. The summed E-state index contributed by atoms with van der Waals surface area (Å²) in [6, 6.07) is 11.8. The molecule has 0 aliphatic heterocycles. The Labute approximate surface area is 141 Å². The van der Waals surface area contributed by atoms with Crippen LogP contribution in [0.5, 0.6) is 0 Å². The number of hydrogen-bond acceptors (Lipinski definition) is 3. The number of amides is 1. The molecule has 4 aromatic rings. The summed E-state index contributed by atoms with van der Waals surface area (Å²) in [5, 5.41) is 11.8. The number of benzene rings is 2. The van der Waals surface area contributed by atoms with Crippen LogP contribution >= 0.6 is 0 Å². The second kappa shape index (κ2) is 5.17. The zero-order valence-corrected chi connectivity index (χ0v) is 13.2. The summed E-state index contributed by atoms with van der Waals surface area (Å²) in [6.07, 6.45) is 1.92. The van der Waals surface area contributed by atoms with Gasteiger partial charge in [-0.15, -0.1) is 0 Å². The van der Waals surface area contributed by atoms with E-state index in [1.165, 1.54) is 12.1 Å². The molecule has 0 radical (unpaired) electrons. The van der Waals surface area contributed by atoms with E-state index in [1.807, 2.05) is 18.2 Å². The van der Waals surface area contributed by atoms with Crippen molar-refractivity contribution in [3.8, 4) is 11.5 Å². The molecule has 0 saturated heterocycles. The van der Waals surface area contributed by atoms with Gasteiger partial charge in [0.2, 0.25) is 5.91 Å². The van der Waals surface area contributed by atoms with E-state index >= 15 is 0 Å². The number of rotatable bonds is 3. The number of carbonyl (C=O) groups is 1. The molecule has 0 spiro atoms. The van der Waals surface area contributed by atoms with E-state index in [2.05, 4.69) is 15.5 Å². The number of fused-ring (bicyclic) bond motifs is 2. The summed E-state index contributed by atoms with van der Waals surface area (Å²) >= 11 is 0. The number of carbonyl (C=O) groups excluding carboxylic acids is 1. The van der Waals surface area contributed by atoms with Crippen LogP contribution in [0.3, 0.4) is 0 Å². The summed E-state index contributed by atoms with van der Waals surface area (Å²) in [4.78, 5) is 12.0. The van der Waals surface area contributed by atoms with Gasteiger partial charge >= 0.3 is 0 Å². The lowest BCUT2D eigenvalue weighted by Crippen LogP contribution is -2.12. The maximum Gasteiger partial charge on any atom is 0.227 e. The van der Waals surface area contributed by atoms with E-state index < -0.39 is 0 Å². The first kappa shape index (κ1) is 14.2. The number of H-pyrrole nitrogens is 1. The molecule has 1 aliphatic rings. The van der Waals surface area contributed by atoms with Crippen molar-refractivity contribution < 1.29 is 13.6 Å². The quantitative estimate of drug-likeness (QED) is 0.580. The number of aromatic amines is 1. The molecule has 1 amide bonds. The fraction of sp³-hybridized carbons (Fsp3) is 0.158. The maximum atomic E-state index is 13.4. The Balaban J connectivity index is 1.58. The molecule has 2 aromatic heterocycles. The predicted octanol–water partition coefficient (Wildman–Crippen LogP) is 4.46. The standard InChI is InChI=1S/C19H14FN3O2/c20-12-3-6-16-11(7-12)8-17(25-16)18-14-9-13(4-5-15(14)22-23-18)21-19(24)10-1-2-10/h3-10H,1-2H2,(H,21,24)(H,22,23). The van der Waals surface area contributed by atoms with Crippen LogP contribution in [0.2, 0.25) is 0 Å². The molecule has 0 unspecified atom stereocenters. The minimum Gasteiger partial charge on any atom is -0.454 e. The summed E-state index contributed by atoms with van der Waals surface area (Å²) in [5.41, 5.74) is 2.81. The molecule has 1 fully saturated rings. The fourth-order valence-electron chi connectivity index (χ4n) is 3.00. The Morgan fingerprint density at radius 2 is 2.08 bits per heavy atom. The second-order valence-corrected chi connectivity index (χ2v) is 6.39. The van der Waals surface area contributed by atoms with Crippen molar-refractivity contribution >= 4 is 33.5 Å². The number of nitrogens with one attached hydrogen (secondary N) is 2. The third kappa shape index (κ3) is 2.46. The van der Waals surface area contributed by atoms with Gasteiger partial charge in [0.1, 0.15) is 17.1 Å².